The molecule has 2 aromatic carbocycles. The average molecular weight is 492 g/mol. The van der Waals surface area contributed by atoms with Crippen LogP contribution in [0.25, 0.3) is 10.9 Å². The number of nitrogens with one attached hydrogen (secondary N) is 2. The molecule has 3 aromatic rings. The summed E-state index contributed by atoms with van der Waals surface area (Å²) in [6.07, 6.45) is 1.12. The number of ether oxygens (including phenoxy) is 1. The van der Waals surface area contributed by atoms with E-state index in [9.17, 15) is 10.1 Å². The second-order valence-corrected chi connectivity index (χ2v) is 10.1. The van der Waals surface area contributed by atoms with Crippen molar-refractivity contribution in [3.63, 3.8) is 0 Å². The highest BCUT2D eigenvalue weighted by atomic mass is 35.5. The molecule has 0 saturated carbocycles. The van der Waals surface area contributed by atoms with Crippen LogP contribution in [0.15, 0.2) is 48.5 Å². The molecule has 0 unspecified atom stereocenters. The number of aromatic nitrogens is 1. The van der Waals surface area contributed by atoms with Crippen LogP contribution < -0.4 is 15.5 Å². The first-order valence-electron chi connectivity index (χ1n) is 11.8. The van der Waals surface area contributed by atoms with Crippen molar-refractivity contribution in [3.8, 4) is 6.07 Å². The van der Waals surface area contributed by atoms with Gasteiger partial charge in [0.25, 0.3) is 0 Å². The number of amides is 1. The summed E-state index contributed by atoms with van der Waals surface area (Å²) in [6, 6.07) is 17.9. The number of hydrogen-bond donors (Lipinski definition) is 2. The van der Waals surface area contributed by atoms with Crippen LogP contribution >= 0.6 is 11.6 Å². The summed E-state index contributed by atoms with van der Waals surface area (Å²) >= 11 is 6.00. The highest BCUT2D eigenvalue weighted by molar-refractivity contribution is 6.30. The number of pyridine rings is 1. The first-order valence-corrected chi connectivity index (χ1v) is 12.2. The lowest BCUT2D eigenvalue weighted by atomic mass is 10.0. The van der Waals surface area contributed by atoms with E-state index in [-0.39, 0.29) is 6.04 Å². The van der Waals surface area contributed by atoms with Crippen molar-refractivity contribution in [2.75, 3.05) is 23.3 Å². The molecule has 0 radical (unpaired) electrons. The predicted octanol–water partition coefficient (Wildman–Crippen LogP) is 5.87. The second-order valence-electron chi connectivity index (χ2n) is 9.70. The Morgan fingerprint density at radius 3 is 2.51 bits per heavy atom. The number of hydrogen-bond acceptors (Lipinski definition) is 6. The summed E-state index contributed by atoms with van der Waals surface area (Å²) in [5, 5.41) is 18.1. The SMILES string of the molecule is CC(C)(C)OC(=O)NC1CCN(c2c(C#N)c(NCc3ccc(Cl)cc3)nc3ccccc23)CC1. The maximum atomic E-state index is 12.2. The van der Waals surface area contributed by atoms with Crippen molar-refractivity contribution >= 4 is 40.1 Å². The molecule has 0 atom stereocenters. The fourth-order valence-electron chi connectivity index (χ4n) is 4.27. The van der Waals surface area contributed by atoms with E-state index in [4.69, 9.17) is 21.3 Å². The van der Waals surface area contributed by atoms with Gasteiger partial charge in [0.1, 0.15) is 23.1 Å². The molecule has 1 fully saturated rings. The molecule has 1 saturated heterocycles. The molecule has 1 aliphatic rings. The number of alkyl carbamates (subject to hydrolysis) is 1. The van der Waals surface area contributed by atoms with Gasteiger partial charge in [0, 0.05) is 36.1 Å². The Morgan fingerprint density at radius 1 is 1.17 bits per heavy atom. The molecular formula is C27H30ClN5O2. The lowest BCUT2D eigenvalue weighted by Crippen LogP contribution is -2.46. The van der Waals surface area contributed by atoms with Crippen LogP contribution in [0.1, 0.15) is 44.7 Å². The van der Waals surface area contributed by atoms with Crippen molar-refractivity contribution < 1.29 is 9.53 Å². The van der Waals surface area contributed by atoms with E-state index in [0.29, 0.717) is 36.0 Å². The molecule has 35 heavy (non-hydrogen) atoms. The standard InChI is InChI=1S/C27H30ClN5O2/c1-27(2,3)35-26(34)31-20-12-14-33(15-13-20)24-21-6-4-5-7-23(21)32-25(22(24)16-29)30-17-18-8-10-19(28)11-9-18/h4-11,20H,12-15,17H2,1-3H3,(H,30,32)(H,31,34). The Labute approximate surface area is 211 Å². The van der Waals surface area contributed by atoms with Gasteiger partial charge in [-0.05, 0) is 57.4 Å². The van der Waals surface area contributed by atoms with Gasteiger partial charge in [0.15, 0.2) is 0 Å². The van der Waals surface area contributed by atoms with Gasteiger partial charge >= 0.3 is 6.09 Å². The van der Waals surface area contributed by atoms with E-state index in [2.05, 4.69) is 21.6 Å². The minimum atomic E-state index is -0.530. The lowest BCUT2D eigenvalue weighted by molar-refractivity contribution is 0.0497. The summed E-state index contributed by atoms with van der Waals surface area (Å²) in [6.45, 7) is 7.50. The molecule has 8 heteroatoms. The van der Waals surface area contributed by atoms with E-state index in [0.717, 1.165) is 35.0 Å². The Kier molecular flexibility index (Phi) is 7.32. The molecule has 7 nitrogen and oxygen atoms in total. The molecule has 4 rings (SSSR count). The summed E-state index contributed by atoms with van der Waals surface area (Å²) in [5.74, 6) is 0.560. The van der Waals surface area contributed by atoms with E-state index < -0.39 is 11.7 Å². The molecule has 1 amide bonds. The molecule has 182 valence electrons. The first-order chi connectivity index (χ1) is 16.7. The maximum Gasteiger partial charge on any atom is 0.407 e. The van der Waals surface area contributed by atoms with E-state index >= 15 is 0 Å². The van der Waals surface area contributed by atoms with E-state index in [1.165, 1.54) is 0 Å². The number of nitrogens with zero attached hydrogens (tertiary/aromatic N) is 3. The minimum Gasteiger partial charge on any atom is -0.444 e. The van der Waals surface area contributed by atoms with Gasteiger partial charge < -0.3 is 20.3 Å². The molecular weight excluding hydrogens is 462 g/mol. The van der Waals surface area contributed by atoms with Crippen LogP contribution in [0.3, 0.4) is 0 Å². The maximum absolute atomic E-state index is 12.2. The Hall–Kier alpha value is -3.50. The Balaban J connectivity index is 1.56. The number of halogens is 1. The zero-order valence-corrected chi connectivity index (χ0v) is 21.0. The van der Waals surface area contributed by atoms with Crippen LogP contribution in [0.5, 0.6) is 0 Å². The predicted molar refractivity (Wildman–Crippen MR) is 140 cm³/mol. The highest BCUT2D eigenvalue weighted by Gasteiger charge is 2.27. The minimum absolute atomic E-state index is 0.0298. The first kappa shape index (κ1) is 24.6. The number of fused-ring (bicyclic) bond motifs is 1. The van der Waals surface area contributed by atoms with Crippen molar-refractivity contribution in [2.45, 2.75) is 51.8 Å². The topological polar surface area (TPSA) is 90.3 Å². The number of para-hydroxylation sites is 1. The zero-order chi connectivity index (χ0) is 25.0. The van der Waals surface area contributed by atoms with Crippen LogP contribution in [0.4, 0.5) is 16.3 Å². The third-order valence-electron chi connectivity index (χ3n) is 5.88. The molecule has 1 aliphatic heterocycles. The number of piperidine rings is 1. The van der Waals surface area contributed by atoms with Crippen molar-refractivity contribution in [1.29, 1.82) is 5.26 Å². The van der Waals surface area contributed by atoms with E-state index in [1.54, 1.807) is 0 Å². The average Bonchev–Trinajstić information content (AvgIpc) is 2.82. The van der Waals surface area contributed by atoms with Crippen LogP contribution in [0.2, 0.25) is 5.02 Å². The van der Waals surface area contributed by atoms with Crippen LogP contribution in [-0.4, -0.2) is 35.8 Å². The largest absolute Gasteiger partial charge is 0.444 e. The Bertz CT molecular complexity index is 1240. The van der Waals surface area contributed by atoms with Gasteiger partial charge in [0.2, 0.25) is 0 Å². The number of anilines is 2. The molecule has 1 aromatic heterocycles. The number of rotatable bonds is 5. The van der Waals surface area contributed by atoms with Gasteiger partial charge in [-0.25, -0.2) is 9.78 Å². The van der Waals surface area contributed by atoms with Gasteiger partial charge in [-0.3, -0.25) is 0 Å². The number of benzene rings is 2. The third-order valence-corrected chi connectivity index (χ3v) is 6.13. The Morgan fingerprint density at radius 2 is 1.86 bits per heavy atom. The van der Waals surface area contributed by atoms with Crippen molar-refractivity contribution in [2.24, 2.45) is 0 Å². The normalized spacial score (nSPS) is 14.4. The van der Waals surface area contributed by atoms with Crippen LogP contribution in [-0.2, 0) is 11.3 Å². The fraction of sp³-hybridized carbons (Fsp3) is 0.370. The summed E-state index contributed by atoms with van der Waals surface area (Å²) in [4.78, 5) is 19.2. The van der Waals surface area contributed by atoms with Gasteiger partial charge in [-0.15, -0.1) is 0 Å². The van der Waals surface area contributed by atoms with Crippen molar-refractivity contribution in [3.05, 3.63) is 64.7 Å². The summed E-state index contributed by atoms with van der Waals surface area (Å²) in [7, 11) is 0. The third kappa shape index (κ3) is 6.14. The van der Waals surface area contributed by atoms with Crippen LogP contribution in [0, 0.1) is 11.3 Å². The number of carbonyl (C=O) groups is 1. The second kappa shape index (κ2) is 10.4. The van der Waals surface area contributed by atoms with Crippen molar-refractivity contribution in [1.82, 2.24) is 10.3 Å². The number of carbonyl (C=O) groups excluding carboxylic acids is 1. The zero-order valence-electron chi connectivity index (χ0n) is 20.3. The monoisotopic (exact) mass is 491 g/mol. The van der Waals surface area contributed by atoms with Gasteiger partial charge in [-0.2, -0.15) is 5.26 Å². The van der Waals surface area contributed by atoms with Gasteiger partial charge in [-0.1, -0.05) is 41.9 Å². The molecule has 2 heterocycles. The smallest absolute Gasteiger partial charge is 0.407 e. The molecule has 0 aliphatic carbocycles. The molecule has 0 bridgehead atoms. The quantitative estimate of drug-likeness (QED) is 0.464. The molecule has 0 spiro atoms. The van der Waals surface area contributed by atoms with E-state index in [1.807, 2.05) is 69.3 Å². The summed E-state index contributed by atoms with van der Waals surface area (Å²) < 4.78 is 5.40. The highest BCUT2D eigenvalue weighted by Crippen LogP contribution is 2.35. The summed E-state index contributed by atoms with van der Waals surface area (Å²) in [5.41, 5.74) is 2.75. The lowest BCUT2D eigenvalue weighted by Gasteiger charge is -2.35. The van der Waals surface area contributed by atoms with Gasteiger partial charge in [0.05, 0.1) is 11.2 Å². The number of nitriles is 1. The molecule has 2 N–H and O–H groups in total. The fourth-order valence-corrected chi connectivity index (χ4v) is 4.39.